The lowest BCUT2D eigenvalue weighted by molar-refractivity contribution is 0.130. The van der Waals surface area contributed by atoms with Crippen molar-refractivity contribution in [3.8, 4) is 17.2 Å². The van der Waals surface area contributed by atoms with Crippen LogP contribution in [0.4, 0.5) is 0 Å². The Balaban J connectivity index is 1.47. The third-order valence-electron chi connectivity index (χ3n) is 7.89. The predicted octanol–water partition coefficient (Wildman–Crippen LogP) is 11.2. The zero-order valence-electron chi connectivity index (χ0n) is 36.6. The zero-order valence-corrected chi connectivity index (χ0v) is 36.6. The van der Waals surface area contributed by atoms with Gasteiger partial charge in [-0.25, -0.2) is 15.0 Å². The number of ether oxygens (including phenoxy) is 3. The molecule has 7 rings (SSSR count). The van der Waals surface area contributed by atoms with E-state index in [0.29, 0.717) is 82.7 Å². The summed E-state index contributed by atoms with van der Waals surface area (Å²) in [4.78, 5) is 27.4. The Kier molecular flexibility index (Phi) is 12.3. The molecular weight excluding hydrogens is 781 g/mol. The van der Waals surface area contributed by atoms with Gasteiger partial charge in [0.05, 0.1) is 0 Å². The fourth-order valence-electron chi connectivity index (χ4n) is 5.69. The van der Waals surface area contributed by atoms with Gasteiger partial charge in [-0.15, -0.1) is 0 Å². The van der Waals surface area contributed by atoms with E-state index in [1.54, 1.807) is 73.6 Å². The van der Waals surface area contributed by atoms with Crippen molar-refractivity contribution in [3.63, 3.8) is 0 Å². The highest BCUT2D eigenvalue weighted by Gasteiger charge is 2.14. The summed E-state index contributed by atoms with van der Waals surface area (Å²) < 4.78 is 18.7. The van der Waals surface area contributed by atoms with E-state index in [1.165, 1.54) is 0 Å². The summed E-state index contributed by atoms with van der Waals surface area (Å²) in [5.41, 5.74) is 1.43. The van der Waals surface area contributed by atoms with Crippen LogP contribution in [0, 0.1) is 72.8 Å². The van der Waals surface area contributed by atoms with E-state index in [2.05, 4.69) is 87.7 Å². The van der Waals surface area contributed by atoms with Crippen LogP contribution in [0.2, 0.25) is 0 Å². The van der Waals surface area contributed by atoms with Crippen molar-refractivity contribution in [1.82, 2.24) is 29.9 Å². The molecular formula is C54H42N6O3. The molecule has 0 N–H and O–H groups in total. The minimum atomic E-state index is -0.468. The van der Waals surface area contributed by atoms with Gasteiger partial charge in [0.15, 0.2) is 0 Å². The summed E-state index contributed by atoms with van der Waals surface area (Å²) in [7, 11) is 0. The molecule has 12 bridgehead atoms. The van der Waals surface area contributed by atoms with Gasteiger partial charge in [0.1, 0.15) is 67.2 Å². The van der Waals surface area contributed by atoms with Crippen LogP contribution >= 0.6 is 0 Å². The van der Waals surface area contributed by atoms with Crippen LogP contribution in [0.25, 0.3) is 65.4 Å². The largest absolute Gasteiger partial charge is 0.488 e. The number of aromatic nitrogens is 6. The van der Waals surface area contributed by atoms with E-state index < -0.39 is 16.8 Å². The Bertz CT molecular complexity index is 2630. The van der Waals surface area contributed by atoms with Gasteiger partial charge in [0.25, 0.3) is 0 Å². The lowest BCUT2D eigenvalue weighted by Gasteiger charge is -2.20. The van der Waals surface area contributed by atoms with Crippen LogP contribution in [0.1, 0.15) is 62.3 Å². The number of hydrogen-bond donors (Lipinski definition) is 0. The van der Waals surface area contributed by atoms with Crippen LogP contribution in [0.3, 0.4) is 0 Å². The summed E-state index contributed by atoms with van der Waals surface area (Å²) >= 11 is 0. The van der Waals surface area contributed by atoms with Gasteiger partial charge in [0.2, 0.25) is 0 Å². The van der Waals surface area contributed by atoms with Gasteiger partial charge >= 0.3 is 0 Å². The first kappa shape index (κ1) is 42.8. The summed E-state index contributed by atoms with van der Waals surface area (Å²) in [5.74, 6) is 1.75. The number of fused-ring (bicyclic) bond motifs is 12. The van der Waals surface area contributed by atoms with Crippen molar-refractivity contribution in [2.24, 2.45) is 0 Å². The highest BCUT2D eigenvalue weighted by molar-refractivity contribution is 5.67. The molecule has 9 heteroatoms. The van der Waals surface area contributed by atoms with Crippen LogP contribution < -0.4 is 14.2 Å². The second kappa shape index (κ2) is 18.1. The van der Waals surface area contributed by atoms with Gasteiger partial charge in [-0.2, -0.15) is 0 Å². The average Bonchev–Trinajstić information content (AvgIpc) is 3.20. The third-order valence-corrected chi connectivity index (χ3v) is 7.89. The molecule has 0 saturated carbocycles. The molecule has 0 atom stereocenters. The molecule has 0 spiro atoms. The molecule has 0 radical (unpaired) electrons. The molecule has 9 nitrogen and oxygen atoms in total. The quantitative estimate of drug-likeness (QED) is 0.172. The number of hydrogen-bond acceptors (Lipinski definition) is 9. The first-order chi connectivity index (χ1) is 29.9. The second-order valence-corrected chi connectivity index (χ2v) is 17.3. The van der Waals surface area contributed by atoms with E-state index in [0.717, 1.165) is 0 Å². The molecule has 0 unspecified atom stereocenters. The topological polar surface area (TPSA) is 105 Å². The van der Waals surface area contributed by atoms with Gasteiger partial charge < -0.3 is 14.2 Å². The minimum Gasteiger partial charge on any atom is -0.488 e. The van der Waals surface area contributed by atoms with Crippen LogP contribution in [0.15, 0.2) is 91.8 Å². The first-order valence-electron chi connectivity index (χ1n) is 20.0. The first-order valence-corrected chi connectivity index (χ1v) is 20.0. The van der Waals surface area contributed by atoms with Gasteiger partial charge in [0, 0.05) is 106 Å². The fraction of sp³-hybridized carbons (Fsp3) is 0.222. The zero-order chi connectivity index (χ0) is 44.6. The van der Waals surface area contributed by atoms with Crippen molar-refractivity contribution in [3.05, 3.63) is 165 Å². The van der Waals surface area contributed by atoms with Crippen molar-refractivity contribution in [2.45, 2.75) is 79.1 Å². The predicted molar refractivity (Wildman–Crippen MR) is 245 cm³/mol. The van der Waals surface area contributed by atoms with E-state index in [9.17, 15) is 0 Å². The maximum atomic E-state index is 6.22. The molecule has 0 aliphatic rings. The standard InChI is InChI=1S/C54H42N6O3/c1-52(2,3)61-49-25-43-16-10-37-22-39(33-55-31-37)12-18-45-27-50(62-53(4,5)6)29-47(59-45)20-14-41-24-42(36-57-35-41)15-21-48-30-51(63-54(7,8)9)28-46(60-48)19-13-40-23-38(32-56-34-40)11-17-44(26-49)58-43/h22-36H,1-9H3. The molecule has 7 aromatic rings. The highest BCUT2D eigenvalue weighted by Crippen LogP contribution is 2.22. The Hall–Kier alpha value is -8.34. The highest BCUT2D eigenvalue weighted by atomic mass is 16.5. The SMILES string of the molecule is CC(C)(C)Oc1cc2c#cc3cncc(c#cc4cc(OC(C)(C)C)cc(c#cc5cncc(c#cc6cc(OC(C)(C)C)cc(c#cc7cncc(c#cc(c1)n2)c7)n6)c5)n4)c3. The van der Waals surface area contributed by atoms with E-state index >= 15 is 0 Å². The van der Waals surface area contributed by atoms with Crippen molar-refractivity contribution in [1.29, 1.82) is 0 Å². The van der Waals surface area contributed by atoms with Crippen LogP contribution in [0.5, 0.6) is 17.2 Å². The molecule has 7 heterocycles. The Morgan fingerprint density at radius 1 is 0.286 bits per heavy atom. The maximum Gasteiger partial charge on any atom is 0.125 e. The van der Waals surface area contributed by atoms with Crippen LogP contribution in [-0.2, 0) is 0 Å². The summed E-state index contributed by atoms with van der Waals surface area (Å²) in [6, 6.07) is 54.3. The van der Waals surface area contributed by atoms with Gasteiger partial charge in [-0.05, 0) is 117 Å². The molecule has 0 fully saturated rings. The number of nitrogens with zero attached hydrogens (tertiary/aromatic N) is 6. The number of rotatable bonds is 3. The third kappa shape index (κ3) is 13.6. The summed E-state index contributed by atoms with van der Waals surface area (Å²) in [6.45, 7) is 17.8. The number of pyridine rings is 6. The van der Waals surface area contributed by atoms with E-state index in [1.807, 2.05) is 80.5 Å². The Morgan fingerprint density at radius 2 is 0.476 bits per heavy atom. The smallest absolute Gasteiger partial charge is 0.125 e. The monoisotopic (exact) mass is 822 g/mol. The molecule has 7 aromatic heterocycles. The molecule has 0 aromatic carbocycles. The van der Waals surface area contributed by atoms with Crippen molar-refractivity contribution >= 4 is 65.4 Å². The molecule has 306 valence electrons. The molecule has 0 aliphatic heterocycles. The maximum absolute atomic E-state index is 6.22. The molecule has 0 amide bonds. The Labute approximate surface area is 369 Å². The normalized spacial score (nSPS) is 10.8. The molecule has 63 heavy (non-hydrogen) atoms. The lowest BCUT2D eigenvalue weighted by atomic mass is 10.2. The van der Waals surface area contributed by atoms with E-state index in [-0.39, 0.29) is 0 Å². The van der Waals surface area contributed by atoms with Crippen molar-refractivity contribution < 1.29 is 14.2 Å². The van der Waals surface area contributed by atoms with Gasteiger partial charge in [-0.1, -0.05) is 36.4 Å². The van der Waals surface area contributed by atoms with Gasteiger partial charge in [-0.3, -0.25) is 15.0 Å². The van der Waals surface area contributed by atoms with Crippen LogP contribution in [-0.4, -0.2) is 46.7 Å². The average molecular weight is 823 g/mol. The molecule has 0 saturated heterocycles. The Morgan fingerprint density at radius 3 is 0.651 bits per heavy atom. The second-order valence-electron chi connectivity index (χ2n) is 17.3. The molecule has 0 aliphatic carbocycles. The minimum absolute atomic E-state index is 0.468. The summed E-state index contributed by atoms with van der Waals surface area (Å²) in [5, 5.41) is 3.87. The van der Waals surface area contributed by atoms with Crippen molar-refractivity contribution in [2.75, 3.05) is 0 Å². The fourth-order valence-corrected chi connectivity index (χ4v) is 5.69. The van der Waals surface area contributed by atoms with E-state index in [4.69, 9.17) is 29.2 Å². The lowest BCUT2D eigenvalue weighted by Crippen LogP contribution is -2.22. The summed E-state index contributed by atoms with van der Waals surface area (Å²) in [6.07, 6.45) is 10.0.